The fraction of sp³-hybridized carbons (Fsp3) is 0.176. The van der Waals surface area contributed by atoms with Crippen LogP contribution in [0.25, 0.3) is 0 Å². The van der Waals surface area contributed by atoms with Crippen molar-refractivity contribution in [2.24, 2.45) is 0 Å². The number of anilines is 3. The van der Waals surface area contributed by atoms with Gasteiger partial charge in [0.1, 0.15) is 0 Å². The van der Waals surface area contributed by atoms with E-state index in [9.17, 15) is 9.59 Å². The summed E-state index contributed by atoms with van der Waals surface area (Å²) in [6, 6.07) is 12.4. The van der Waals surface area contributed by atoms with Gasteiger partial charge in [-0.05, 0) is 61.4 Å². The quantitative estimate of drug-likeness (QED) is 0.804. The molecule has 2 aromatic rings. The zero-order valence-corrected chi connectivity index (χ0v) is 12.9. The van der Waals surface area contributed by atoms with Gasteiger partial charge < -0.3 is 16.0 Å². The minimum Gasteiger partial charge on any atom is -0.326 e. The number of carbonyl (C=O) groups excluding carboxylic acids is 2. The van der Waals surface area contributed by atoms with Crippen molar-refractivity contribution in [2.45, 2.75) is 20.8 Å². The summed E-state index contributed by atoms with van der Waals surface area (Å²) in [7, 11) is 0. The predicted molar refractivity (Wildman–Crippen MR) is 89.3 cm³/mol. The van der Waals surface area contributed by atoms with Crippen LogP contribution in [0, 0.1) is 13.8 Å². The highest BCUT2D eigenvalue weighted by molar-refractivity contribution is 6.00. The molecule has 2 aromatic carbocycles. The Morgan fingerprint density at radius 1 is 0.727 bits per heavy atom. The minimum atomic E-state index is -0.310. The van der Waals surface area contributed by atoms with Crippen LogP contribution >= 0.6 is 0 Å². The van der Waals surface area contributed by atoms with Gasteiger partial charge in [-0.25, -0.2) is 4.79 Å². The molecule has 0 heterocycles. The highest BCUT2D eigenvalue weighted by atomic mass is 16.2. The summed E-state index contributed by atoms with van der Waals surface area (Å²) in [6.45, 7) is 5.47. The van der Waals surface area contributed by atoms with E-state index in [-0.39, 0.29) is 11.9 Å². The summed E-state index contributed by atoms with van der Waals surface area (Å²) in [4.78, 5) is 22.9. The van der Waals surface area contributed by atoms with Gasteiger partial charge in [-0.15, -0.1) is 0 Å². The molecule has 0 fully saturated rings. The number of carbonyl (C=O) groups is 2. The predicted octanol–water partition coefficient (Wildman–Crippen LogP) is 3.91. The standard InChI is InChI=1S/C17H19N3O2/c1-11-4-5-16(10-12(11)2)20-17(22)19-15-8-6-14(7-9-15)18-13(3)21/h4-10H,1-3H3,(H,18,21)(H2,19,20,22). The van der Waals surface area contributed by atoms with Crippen molar-refractivity contribution in [3.05, 3.63) is 53.6 Å². The van der Waals surface area contributed by atoms with E-state index in [4.69, 9.17) is 0 Å². The zero-order valence-electron chi connectivity index (χ0n) is 12.9. The lowest BCUT2D eigenvalue weighted by Crippen LogP contribution is -2.19. The number of hydrogen-bond acceptors (Lipinski definition) is 2. The Morgan fingerprint density at radius 3 is 1.77 bits per heavy atom. The Morgan fingerprint density at radius 2 is 1.23 bits per heavy atom. The fourth-order valence-electron chi connectivity index (χ4n) is 1.95. The average Bonchev–Trinajstić information content (AvgIpc) is 2.44. The lowest BCUT2D eigenvalue weighted by atomic mass is 10.1. The second-order valence-corrected chi connectivity index (χ2v) is 5.14. The van der Waals surface area contributed by atoms with Crippen LogP contribution in [-0.4, -0.2) is 11.9 Å². The maximum atomic E-state index is 11.9. The Labute approximate surface area is 129 Å². The second kappa shape index (κ2) is 6.76. The topological polar surface area (TPSA) is 70.2 Å². The van der Waals surface area contributed by atoms with Gasteiger partial charge in [0.25, 0.3) is 0 Å². The van der Waals surface area contributed by atoms with E-state index >= 15 is 0 Å². The number of amides is 3. The zero-order chi connectivity index (χ0) is 16.1. The van der Waals surface area contributed by atoms with Crippen molar-refractivity contribution >= 4 is 29.0 Å². The van der Waals surface area contributed by atoms with E-state index in [1.54, 1.807) is 24.3 Å². The van der Waals surface area contributed by atoms with Gasteiger partial charge in [0.15, 0.2) is 0 Å². The summed E-state index contributed by atoms with van der Waals surface area (Å²) < 4.78 is 0. The van der Waals surface area contributed by atoms with Crippen molar-refractivity contribution in [1.29, 1.82) is 0 Å². The molecule has 0 spiro atoms. The molecule has 0 aliphatic heterocycles. The third-order valence-electron chi connectivity index (χ3n) is 3.23. The van der Waals surface area contributed by atoms with E-state index < -0.39 is 0 Å². The summed E-state index contributed by atoms with van der Waals surface area (Å²) >= 11 is 0. The van der Waals surface area contributed by atoms with E-state index in [1.807, 2.05) is 32.0 Å². The Kier molecular flexibility index (Phi) is 4.78. The monoisotopic (exact) mass is 297 g/mol. The molecule has 0 aliphatic carbocycles. The van der Waals surface area contributed by atoms with Crippen LogP contribution in [0.2, 0.25) is 0 Å². The maximum absolute atomic E-state index is 11.9. The number of urea groups is 1. The van der Waals surface area contributed by atoms with Crippen molar-refractivity contribution in [1.82, 2.24) is 0 Å². The molecule has 0 aliphatic rings. The molecule has 3 N–H and O–H groups in total. The Hall–Kier alpha value is -2.82. The molecule has 0 radical (unpaired) electrons. The Balaban J connectivity index is 1.96. The van der Waals surface area contributed by atoms with E-state index in [0.717, 1.165) is 11.3 Å². The van der Waals surface area contributed by atoms with Gasteiger partial charge in [-0.1, -0.05) is 6.07 Å². The van der Waals surface area contributed by atoms with Crippen LogP contribution in [-0.2, 0) is 4.79 Å². The highest BCUT2D eigenvalue weighted by Crippen LogP contribution is 2.16. The lowest BCUT2D eigenvalue weighted by Gasteiger charge is -2.10. The highest BCUT2D eigenvalue weighted by Gasteiger charge is 2.04. The van der Waals surface area contributed by atoms with Gasteiger partial charge in [-0.3, -0.25) is 4.79 Å². The first-order chi connectivity index (χ1) is 10.4. The first-order valence-electron chi connectivity index (χ1n) is 6.97. The average molecular weight is 297 g/mol. The third kappa shape index (κ3) is 4.34. The summed E-state index contributed by atoms with van der Waals surface area (Å²) in [5.74, 6) is -0.131. The number of aryl methyl sites for hydroxylation is 2. The molecule has 0 aromatic heterocycles. The van der Waals surface area contributed by atoms with Crippen LogP contribution in [0.5, 0.6) is 0 Å². The summed E-state index contributed by atoms with van der Waals surface area (Å²) in [6.07, 6.45) is 0. The molecule has 22 heavy (non-hydrogen) atoms. The maximum Gasteiger partial charge on any atom is 0.323 e. The minimum absolute atomic E-state index is 0.131. The SMILES string of the molecule is CC(=O)Nc1ccc(NC(=O)Nc2ccc(C)c(C)c2)cc1. The molecule has 0 saturated heterocycles. The first-order valence-corrected chi connectivity index (χ1v) is 6.97. The molecule has 2 rings (SSSR count). The number of benzene rings is 2. The van der Waals surface area contributed by atoms with Crippen molar-refractivity contribution in [3.8, 4) is 0 Å². The summed E-state index contributed by atoms with van der Waals surface area (Å²) in [5, 5.41) is 8.20. The third-order valence-corrected chi connectivity index (χ3v) is 3.23. The first kappa shape index (κ1) is 15.6. The number of rotatable bonds is 3. The van der Waals surface area contributed by atoms with Crippen LogP contribution in [0.4, 0.5) is 21.9 Å². The molecule has 3 amide bonds. The van der Waals surface area contributed by atoms with Crippen LogP contribution in [0.1, 0.15) is 18.1 Å². The molecule has 0 bridgehead atoms. The molecule has 0 unspecified atom stereocenters. The van der Waals surface area contributed by atoms with Crippen molar-refractivity contribution in [2.75, 3.05) is 16.0 Å². The normalized spacial score (nSPS) is 9.95. The smallest absolute Gasteiger partial charge is 0.323 e. The second-order valence-electron chi connectivity index (χ2n) is 5.14. The summed E-state index contributed by atoms with van der Waals surface area (Å²) in [5.41, 5.74) is 4.38. The molecular formula is C17H19N3O2. The number of nitrogens with one attached hydrogen (secondary N) is 3. The van der Waals surface area contributed by atoms with Gasteiger partial charge in [0.2, 0.25) is 5.91 Å². The molecule has 0 saturated carbocycles. The van der Waals surface area contributed by atoms with E-state index in [1.165, 1.54) is 12.5 Å². The van der Waals surface area contributed by atoms with Gasteiger partial charge in [-0.2, -0.15) is 0 Å². The largest absolute Gasteiger partial charge is 0.326 e. The molecule has 5 nitrogen and oxygen atoms in total. The fourth-order valence-corrected chi connectivity index (χ4v) is 1.95. The molecule has 5 heteroatoms. The van der Waals surface area contributed by atoms with Crippen molar-refractivity contribution in [3.63, 3.8) is 0 Å². The molecule has 114 valence electrons. The van der Waals surface area contributed by atoms with Gasteiger partial charge in [0.05, 0.1) is 0 Å². The van der Waals surface area contributed by atoms with E-state index in [2.05, 4.69) is 16.0 Å². The molecular weight excluding hydrogens is 278 g/mol. The molecule has 0 atom stereocenters. The van der Waals surface area contributed by atoms with E-state index in [0.29, 0.717) is 11.4 Å². The van der Waals surface area contributed by atoms with Crippen LogP contribution < -0.4 is 16.0 Å². The van der Waals surface area contributed by atoms with Crippen LogP contribution in [0.3, 0.4) is 0 Å². The lowest BCUT2D eigenvalue weighted by molar-refractivity contribution is -0.114. The van der Waals surface area contributed by atoms with Crippen molar-refractivity contribution < 1.29 is 9.59 Å². The van der Waals surface area contributed by atoms with Gasteiger partial charge >= 0.3 is 6.03 Å². The Bertz CT molecular complexity index is 694. The van der Waals surface area contributed by atoms with Gasteiger partial charge in [0, 0.05) is 24.0 Å². The number of hydrogen-bond donors (Lipinski definition) is 3. The van der Waals surface area contributed by atoms with Crippen LogP contribution in [0.15, 0.2) is 42.5 Å².